The zero-order valence-electron chi connectivity index (χ0n) is 25.8. The van der Waals surface area contributed by atoms with Crippen molar-refractivity contribution in [2.24, 2.45) is 0 Å². The van der Waals surface area contributed by atoms with Gasteiger partial charge in [0, 0.05) is 27.8 Å². The molecule has 2 aliphatic heterocycles. The molecule has 2 aliphatic rings. The number of aliphatic hydroxyl groups excluding tert-OH is 1. The average Bonchev–Trinajstić information content (AvgIpc) is 3.74. The first-order valence-electron chi connectivity index (χ1n) is 15.1. The summed E-state index contributed by atoms with van der Waals surface area (Å²) in [4.78, 5) is 28.9. The number of hydrogen-bond donors (Lipinski definition) is 1. The van der Waals surface area contributed by atoms with Crippen molar-refractivity contribution in [3.63, 3.8) is 0 Å². The maximum absolute atomic E-state index is 13.8. The molecule has 244 valence electrons. The molecule has 1 fully saturated rings. The lowest BCUT2D eigenvalue weighted by Crippen LogP contribution is -2.29. The monoisotopic (exact) mass is 711 g/mol. The van der Waals surface area contributed by atoms with Gasteiger partial charge in [0.15, 0.2) is 15.8 Å². The Bertz CT molecular complexity index is 1880. The van der Waals surface area contributed by atoms with E-state index in [-0.39, 0.29) is 22.6 Å². The number of rotatable bonds is 11. The number of anilines is 1. The molecule has 9 nitrogen and oxygen atoms in total. The van der Waals surface area contributed by atoms with Crippen LogP contribution in [0, 0.1) is 0 Å². The molecule has 13 heteroatoms. The Hall–Kier alpha value is -3.77. The molecular formula is C34H31Cl2N3O6S2. The predicted molar refractivity (Wildman–Crippen MR) is 184 cm³/mol. The van der Waals surface area contributed by atoms with E-state index in [9.17, 15) is 14.7 Å². The number of benzene rings is 3. The molecule has 1 aromatic heterocycles. The number of aromatic nitrogens is 2. The third-order valence-corrected chi connectivity index (χ3v) is 10.3. The van der Waals surface area contributed by atoms with E-state index < -0.39 is 17.7 Å². The van der Waals surface area contributed by atoms with Crippen LogP contribution in [-0.2, 0) is 21.8 Å². The standard InChI is InChI=1S/C34H31Cl2N3O6S2/c1-4-12-44-26-11-7-19(15-27(26)43-5-2)29-28(30(40)20-8-10-25-22(14-20)13-18(3)45-25)31(41)32(42)39(29)33-37-38-34(47-33)46-17-21-6-9-23(35)16-24(21)36/h6-11,14-16,18,29,40H,4-5,12-13,17H2,1-3H3/t18-,29+/m1/s1. The number of aliphatic hydroxyl groups is 1. The van der Waals surface area contributed by atoms with Crippen molar-refractivity contribution >= 4 is 68.9 Å². The molecule has 1 N–H and O–H groups in total. The average molecular weight is 713 g/mol. The minimum Gasteiger partial charge on any atom is -0.507 e. The summed E-state index contributed by atoms with van der Waals surface area (Å²) in [5, 5.41) is 21.6. The van der Waals surface area contributed by atoms with Gasteiger partial charge in [0.2, 0.25) is 5.13 Å². The van der Waals surface area contributed by atoms with E-state index in [0.29, 0.717) is 62.4 Å². The van der Waals surface area contributed by atoms with Gasteiger partial charge in [-0.2, -0.15) is 0 Å². The first-order chi connectivity index (χ1) is 22.7. The number of nitrogens with zero attached hydrogens (tertiary/aromatic N) is 3. The highest BCUT2D eigenvalue weighted by Gasteiger charge is 2.48. The van der Waals surface area contributed by atoms with Crippen LogP contribution >= 0.6 is 46.3 Å². The van der Waals surface area contributed by atoms with Gasteiger partial charge >= 0.3 is 5.91 Å². The van der Waals surface area contributed by atoms with Gasteiger partial charge in [0.25, 0.3) is 5.78 Å². The topological polar surface area (TPSA) is 111 Å². The first kappa shape index (κ1) is 33.1. The molecular weight excluding hydrogens is 681 g/mol. The van der Waals surface area contributed by atoms with Crippen molar-refractivity contribution in [2.75, 3.05) is 18.1 Å². The second-order valence-corrected chi connectivity index (χ2v) is 14.0. The van der Waals surface area contributed by atoms with Gasteiger partial charge in [-0.25, -0.2) is 0 Å². The lowest BCUT2D eigenvalue weighted by Gasteiger charge is -2.23. The molecule has 0 saturated carbocycles. The third kappa shape index (κ3) is 6.80. The van der Waals surface area contributed by atoms with Crippen molar-refractivity contribution in [1.29, 1.82) is 0 Å². The number of carbonyl (C=O) groups excluding carboxylic acids is 2. The van der Waals surface area contributed by atoms with Crippen molar-refractivity contribution in [2.45, 2.75) is 55.9 Å². The Morgan fingerprint density at radius 2 is 1.89 bits per heavy atom. The normalized spacial score (nSPS) is 18.4. The summed E-state index contributed by atoms with van der Waals surface area (Å²) < 4.78 is 18.2. The predicted octanol–water partition coefficient (Wildman–Crippen LogP) is 8.27. The minimum absolute atomic E-state index is 0.00131. The molecule has 1 amide bonds. The molecule has 3 aromatic carbocycles. The van der Waals surface area contributed by atoms with Gasteiger partial charge < -0.3 is 19.3 Å². The molecule has 0 bridgehead atoms. The summed E-state index contributed by atoms with van der Waals surface area (Å²) in [6.07, 6.45) is 1.47. The van der Waals surface area contributed by atoms with Gasteiger partial charge in [0.1, 0.15) is 17.6 Å². The summed E-state index contributed by atoms with van der Waals surface area (Å²) in [6.45, 7) is 6.69. The van der Waals surface area contributed by atoms with Gasteiger partial charge in [0.05, 0.1) is 24.8 Å². The Kier molecular flexibility index (Phi) is 9.98. The highest BCUT2D eigenvalue weighted by atomic mass is 35.5. The Labute approximate surface area is 290 Å². The van der Waals surface area contributed by atoms with Crippen molar-refractivity contribution in [3.05, 3.63) is 92.5 Å². The number of ether oxygens (including phenoxy) is 3. The van der Waals surface area contributed by atoms with Crippen LogP contribution < -0.4 is 19.1 Å². The third-order valence-electron chi connectivity index (χ3n) is 7.63. The van der Waals surface area contributed by atoms with E-state index in [1.54, 1.807) is 48.5 Å². The fourth-order valence-corrected chi connectivity index (χ4v) is 7.93. The minimum atomic E-state index is -1.02. The van der Waals surface area contributed by atoms with Crippen LogP contribution in [0.2, 0.25) is 10.0 Å². The van der Waals surface area contributed by atoms with Crippen molar-refractivity contribution in [1.82, 2.24) is 10.2 Å². The fourth-order valence-electron chi connectivity index (χ4n) is 5.50. The molecule has 0 aliphatic carbocycles. The Morgan fingerprint density at radius 1 is 1.06 bits per heavy atom. The number of hydrogen-bond acceptors (Lipinski definition) is 10. The number of Topliss-reactive ketones (excluding diaryl/α,β-unsaturated/α-hetero) is 1. The van der Waals surface area contributed by atoms with E-state index in [1.807, 2.05) is 26.8 Å². The Balaban J connectivity index is 1.42. The molecule has 4 aromatic rings. The highest BCUT2D eigenvalue weighted by Crippen LogP contribution is 2.46. The van der Waals surface area contributed by atoms with Crippen LogP contribution in [0.25, 0.3) is 5.76 Å². The lowest BCUT2D eigenvalue weighted by atomic mass is 9.94. The SMILES string of the molecule is CCCOc1ccc([C@H]2C(=C(O)c3ccc4c(c3)C[C@@H](C)O4)C(=O)C(=O)N2c2nnc(SCc3ccc(Cl)cc3Cl)s2)cc1OCC. The van der Waals surface area contributed by atoms with Crippen LogP contribution in [-0.4, -0.2) is 46.3 Å². The van der Waals surface area contributed by atoms with Crippen LogP contribution in [0.1, 0.15) is 55.5 Å². The van der Waals surface area contributed by atoms with Gasteiger partial charge in [-0.05, 0) is 79.4 Å². The molecule has 0 unspecified atom stereocenters. The van der Waals surface area contributed by atoms with Gasteiger partial charge in [-0.3, -0.25) is 14.5 Å². The van der Waals surface area contributed by atoms with Crippen LogP contribution in [0.15, 0.2) is 64.5 Å². The van der Waals surface area contributed by atoms with Crippen molar-refractivity contribution < 1.29 is 28.9 Å². The van der Waals surface area contributed by atoms with Crippen molar-refractivity contribution in [3.8, 4) is 17.2 Å². The quantitative estimate of drug-likeness (QED) is 0.0540. The van der Waals surface area contributed by atoms with Crippen LogP contribution in [0.5, 0.6) is 17.2 Å². The molecule has 0 spiro atoms. The van der Waals surface area contributed by atoms with E-state index in [2.05, 4.69) is 10.2 Å². The summed E-state index contributed by atoms with van der Waals surface area (Å²) in [5.74, 6) is 0.267. The fraction of sp³-hybridized carbons (Fsp3) is 0.294. The number of carbonyl (C=O) groups is 2. The molecule has 1 saturated heterocycles. The molecule has 47 heavy (non-hydrogen) atoms. The number of fused-ring (bicyclic) bond motifs is 1. The lowest BCUT2D eigenvalue weighted by molar-refractivity contribution is -0.132. The molecule has 6 rings (SSSR count). The summed E-state index contributed by atoms with van der Waals surface area (Å²) in [7, 11) is 0. The summed E-state index contributed by atoms with van der Waals surface area (Å²) in [6, 6.07) is 14.8. The van der Waals surface area contributed by atoms with E-state index in [0.717, 1.165) is 23.3 Å². The smallest absolute Gasteiger partial charge is 0.301 e. The van der Waals surface area contributed by atoms with Gasteiger partial charge in [-0.15, -0.1) is 10.2 Å². The number of halogens is 2. The summed E-state index contributed by atoms with van der Waals surface area (Å²) in [5.41, 5.74) is 2.65. The summed E-state index contributed by atoms with van der Waals surface area (Å²) >= 11 is 15.0. The van der Waals surface area contributed by atoms with Gasteiger partial charge in [-0.1, -0.05) is 65.4 Å². The Morgan fingerprint density at radius 3 is 2.66 bits per heavy atom. The second kappa shape index (κ2) is 14.1. The maximum atomic E-state index is 13.8. The zero-order valence-corrected chi connectivity index (χ0v) is 28.9. The second-order valence-electron chi connectivity index (χ2n) is 11.0. The molecule has 3 heterocycles. The first-order valence-corrected chi connectivity index (χ1v) is 17.6. The van der Waals surface area contributed by atoms with Crippen LogP contribution in [0.4, 0.5) is 5.13 Å². The molecule has 2 atom stereocenters. The number of amides is 1. The largest absolute Gasteiger partial charge is 0.507 e. The van der Waals surface area contributed by atoms with Crippen LogP contribution in [0.3, 0.4) is 0 Å². The maximum Gasteiger partial charge on any atom is 0.301 e. The highest BCUT2D eigenvalue weighted by molar-refractivity contribution is 8.00. The molecule has 0 radical (unpaired) electrons. The number of thioether (sulfide) groups is 1. The number of ketones is 1. The van der Waals surface area contributed by atoms with E-state index in [4.69, 9.17) is 37.4 Å². The van der Waals surface area contributed by atoms with E-state index >= 15 is 0 Å². The zero-order chi connectivity index (χ0) is 33.2. The van der Waals surface area contributed by atoms with E-state index in [1.165, 1.54) is 28.0 Å².